The van der Waals surface area contributed by atoms with Gasteiger partial charge in [0.25, 0.3) is 0 Å². The Balaban J connectivity index is 1.96. The SMILES string of the molecule is CCN1C(C(=O)O)C1C1CC1. The normalized spacial score (nSPS) is 42.1. The summed E-state index contributed by atoms with van der Waals surface area (Å²) in [6, 6.07) is 0.241. The van der Waals surface area contributed by atoms with Crippen LogP contribution in [-0.4, -0.2) is 34.6 Å². The van der Waals surface area contributed by atoms with Crippen molar-refractivity contribution in [2.75, 3.05) is 6.54 Å². The smallest absolute Gasteiger partial charge is 0.322 e. The van der Waals surface area contributed by atoms with Gasteiger partial charge in [-0.3, -0.25) is 9.69 Å². The zero-order valence-corrected chi connectivity index (χ0v) is 6.66. The number of nitrogens with zero attached hydrogens (tertiary/aromatic N) is 1. The zero-order chi connectivity index (χ0) is 8.01. The first kappa shape index (κ1) is 7.10. The molecule has 3 heteroatoms. The molecule has 0 spiro atoms. The Morgan fingerprint density at radius 1 is 1.64 bits per heavy atom. The van der Waals surface area contributed by atoms with Crippen molar-refractivity contribution in [3.05, 3.63) is 0 Å². The van der Waals surface area contributed by atoms with Crippen LogP contribution < -0.4 is 0 Å². The lowest BCUT2D eigenvalue weighted by molar-refractivity contribution is -0.137. The molecule has 3 unspecified atom stereocenters. The number of aliphatic carboxylic acids is 1. The van der Waals surface area contributed by atoms with Gasteiger partial charge in [-0.05, 0) is 25.3 Å². The molecule has 1 saturated carbocycles. The fourth-order valence-corrected chi connectivity index (χ4v) is 1.96. The molecule has 2 rings (SSSR count). The molecule has 3 atom stereocenters. The zero-order valence-electron chi connectivity index (χ0n) is 6.66. The number of rotatable bonds is 3. The molecule has 2 fully saturated rings. The van der Waals surface area contributed by atoms with Crippen molar-refractivity contribution >= 4 is 5.97 Å². The van der Waals surface area contributed by atoms with Crippen LogP contribution in [0, 0.1) is 5.92 Å². The molecule has 0 bridgehead atoms. The molecule has 1 aliphatic carbocycles. The highest BCUT2D eigenvalue weighted by Crippen LogP contribution is 2.46. The number of likely N-dealkylation sites (N-methyl/N-ethyl adjacent to an activating group) is 1. The summed E-state index contributed by atoms with van der Waals surface area (Å²) in [6.07, 6.45) is 2.48. The molecule has 0 radical (unpaired) electrons. The third-order valence-electron chi connectivity index (χ3n) is 2.70. The molecule has 1 aliphatic heterocycles. The molecule has 62 valence electrons. The van der Waals surface area contributed by atoms with Crippen molar-refractivity contribution in [2.24, 2.45) is 5.92 Å². The predicted molar refractivity (Wildman–Crippen MR) is 40.3 cm³/mol. The van der Waals surface area contributed by atoms with Crippen LogP contribution in [0.3, 0.4) is 0 Å². The van der Waals surface area contributed by atoms with Gasteiger partial charge in [0, 0.05) is 6.04 Å². The fourth-order valence-electron chi connectivity index (χ4n) is 1.96. The van der Waals surface area contributed by atoms with E-state index in [0.29, 0.717) is 12.0 Å². The summed E-state index contributed by atoms with van der Waals surface area (Å²) in [5.41, 5.74) is 0. The van der Waals surface area contributed by atoms with Gasteiger partial charge in [-0.1, -0.05) is 6.92 Å². The molecule has 0 amide bonds. The second kappa shape index (κ2) is 2.21. The summed E-state index contributed by atoms with van der Waals surface area (Å²) in [5, 5.41) is 8.76. The first-order valence-electron chi connectivity index (χ1n) is 4.24. The van der Waals surface area contributed by atoms with Crippen LogP contribution in [0.4, 0.5) is 0 Å². The summed E-state index contributed by atoms with van der Waals surface area (Å²) >= 11 is 0. The van der Waals surface area contributed by atoms with Crippen LogP contribution in [0.15, 0.2) is 0 Å². The monoisotopic (exact) mass is 155 g/mol. The van der Waals surface area contributed by atoms with Gasteiger partial charge in [0.15, 0.2) is 0 Å². The minimum absolute atomic E-state index is 0.146. The standard InChI is InChI=1S/C8H13NO2/c1-2-9-6(5-3-4-5)7(9)8(10)11/h5-7H,2-4H2,1H3,(H,10,11). The van der Waals surface area contributed by atoms with E-state index in [4.69, 9.17) is 5.11 Å². The second-order valence-corrected chi connectivity index (χ2v) is 3.44. The highest BCUT2D eigenvalue weighted by Gasteiger charge is 2.58. The molecule has 1 N–H and O–H groups in total. The average Bonchev–Trinajstić information content (AvgIpc) is 2.82. The maximum Gasteiger partial charge on any atom is 0.322 e. The summed E-state index contributed by atoms with van der Waals surface area (Å²) in [4.78, 5) is 12.7. The van der Waals surface area contributed by atoms with Gasteiger partial charge in [0.2, 0.25) is 0 Å². The lowest BCUT2D eigenvalue weighted by atomic mass is 10.2. The molecular weight excluding hydrogens is 142 g/mol. The number of carboxylic acid groups (broad SMARTS) is 1. The highest BCUT2D eigenvalue weighted by molar-refractivity contribution is 5.78. The molecule has 0 aromatic carbocycles. The Morgan fingerprint density at radius 2 is 2.27 bits per heavy atom. The summed E-state index contributed by atoms with van der Waals surface area (Å²) in [6.45, 7) is 2.91. The van der Waals surface area contributed by atoms with Gasteiger partial charge in [0.1, 0.15) is 6.04 Å². The van der Waals surface area contributed by atoms with Crippen LogP contribution in [0.2, 0.25) is 0 Å². The van der Waals surface area contributed by atoms with Gasteiger partial charge in [-0.15, -0.1) is 0 Å². The van der Waals surface area contributed by atoms with Crippen LogP contribution >= 0.6 is 0 Å². The quantitative estimate of drug-likeness (QED) is 0.605. The van der Waals surface area contributed by atoms with E-state index in [0.717, 1.165) is 6.54 Å². The van der Waals surface area contributed by atoms with E-state index in [-0.39, 0.29) is 6.04 Å². The van der Waals surface area contributed by atoms with Crippen molar-refractivity contribution in [3.8, 4) is 0 Å². The third kappa shape index (κ3) is 1.03. The lowest BCUT2D eigenvalue weighted by Crippen LogP contribution is -2.11. The van der Waals surface area contributed by atoms with Gasteiger partial charge >= 0.3 is 5.97 Å². The van der Waals surface area contributed by atoms with Gasteiger partial charge in [-0.2, -0.15) is 0 Å². The van der Waals surface area contributed by atoms with E-state index in [9.17, 15) is 4.79 Å². The van der Waals surface area contributed by atoms with E-state index in [2.05, 4.69) is 4.90 Å². The van der Waals surface area contributed by atoms with Gasteiger partial charge in [0.05, 0.1) is 0 Å². The summed E-state index contributed by atoms with van der Waals surface area (Å²) < 4.78 is 0. The van der Waals surface area contributed by atoms with E-state index in [1.807, 2.05) is 6.92 Å². The van der Waals surface area contributed by atoms with Crippen molar-refractivity contribution in [1.29, 1.82) is 0 Å². The fraction of sp³-hybridized carbons (Fsp3) is 0.875. The molecule has 1 saturated heterocycles. The Hall–Kier alpha value is -0.570. The summed E-state index contributed by atoms with van der Waals surface area (Å²) in [7, 11) is 0. The van der Waals surface area contributed by atoms with Crippen molar-refractivity contribution < 1.29 is 9.90 Å². The average molecular weight is 155 g/mol. The molecule has 11 heavy (non-hydrogen) atoms. The maximum atomic E-state index is 10.6. The molecule has 0 aromatic rings. The Morgan fingerprint density at radius 3 is 2.55 bits per heavy atom. The minimum Gasteiger partial charge on any atom is -0.480 e. The number of carboxylic acids is 1. The van der Waals surface area contributed by atoms with Crippen LogP contribution in [-0.2, 0) is 4.79 Å². The maximum absolute atomic E-state index is 10.6. The summed E-state index contributed by atoms with van der Waals surface area (Å²) in [5.74, 6) is 0.0693. The largest absolute Gasteiger partial charge is 0.480 e. The van der Waals surface area contributed by atoms with Crippen molar-refractivity contribution in [3.63, 3.8) is 0 Å². The van der Waals surface area contributed by atoms with Gasteiger partial charge < -0.3 is 5.11 Å². The number of hydrogen-bond donors (Lipinski definition) is 1. The molecule has 0 aromatic heterocycles. The van der Waals surface area contributed by atoms with Crippen LogP contribution in [0.5, 0.6) is 0 Å². The van der Waals surface area contributed by atoms with Crippen LogP contribution in [0.25, 0.3) is 0 Å². The topological polar surface area (TPSA) is 40.3 Å². The predicted octanol–water partition coefficient (Wildman–Crippen LogP) is 0.554. The van der Waals surface area contributed by atoms with E-state index >= 15 is 0 Å². The van der Waals surface area contributed by atoms with Gasteiger partial charge in [-0.25, -0.2) is 0 Å². The minimum atomic E-state index is -0.635. The van der Waals surface area contributed by atoms with E-state index in [1.165, 1.54) is 12.8 Å². The Bertz CT molecular complexity index is 189. The third-order valence-corrected chi connectivity index (χ3v) is 2.70. The lowest BCUT2D eigenvalue weighted by Gasteiger charge is -1.92. The molecule has 1 heterocycles. The van der Waals surface area contributed by atoms with E-state index in [1.54, 1.807) is 0 Å². The molecule has 2 aliphatic rings. The molecule has 3 nitrogen and oxygen atoms in total. The highest BCUT2D eigenvalue weighted by atomic mass is 16.4. The Labute approximate surface area is 66.0 Å². The number of hydrogen-bond acceptors (Lipinski definition) is 2. The molecular formula is C8H13NO2. The van der Waals surface area contributed by atoms with E-state index < -0.39 is 5.97 Å². The Kier molecular flexibility index (Phi) is 1.42. The van der Waals surface area contributed by atoms with Crippen molar-refractivity contribution in [1.82, 2.24) is 4.90 Å². The second-order valence-electron chi connectivity index (χ2n) is 3.44. The first-order chi connectivity index (χ1) is 5.25. The first-order valence-corrected chi connectivity index (χ1v) is 4.24. The van der Waals surface area contributed by atoms with Crippen molar-refractivity contribution in [2.45, 2.75) is 31.8 Å². The van der Waals surface area contributed by atoms with Crippen LogP contribution in [0.1, 0.15) is 19.8 Å². The number of carbonyl (C=O) groups is 1.